The molecule has 2 rings (SSSR count). The molecule has 4 heteroatoms. The Labute approximate surface area is 103 Å². The molecule has 2 heterocycles. The van der Waals surface area contributed by atoms with E-state index in [1.54, 1.807) is 0 Å². The molecule has 1 saturated heterocycles. The predicted octanol–water partition coefficient (Wildman–Crippen LogP) is 2.98. The maximum absolute atomic E-state index is 5.54. The van der Waals surface area contributed by atoms with E-state index >= 15 is 0 Å². The van der Waals surface area contributed by atoms with Crippen LogP contribution < -0.4 is 0 Å². The molecule has 1 aliphatic rings. The highest BCUT2D eigenvalue weighted by Crippen LogP contribution is 2.24. The molecule has 0 aromatic carbocycles. The zero-order valence-corrected chi connectivity index (χ0v) is 11.3. The highest BCUT2D eigenvalue weighted by atomic mass is 79.9. The summed E-state index contributed by atoms with van der Waals surface area (Å²) in [6.07, 6.45) is 0. The van der Waals surface area contributed by atoms with Crippen molar-refractivity contribution >= 4 is 27.3 Å². The average Bonchev–Trinajstić information content (AvgIpc) is 2.48. The molecule has 1 fully saturated rings. The van der Waals surface area contributed by atoms with Gasteiger partial charge in [0, 0.05) is 29.0 Å². The molecule has 2 nitrogen and oxygen atoms in total. The normalized spacial score (nSPS) is 24.0. The molecule has 0 radical (unpaired) electrons. The van der Waals surface area contributed by atoms with E-state index in [4.69, 9.17) is 4.74 Å². The first kappa shape index (κ1) is 11.6. The van der Waals surface area contributed by atoms with Crippen LogP contribution in [0, 0.1) is 5.92 Å². The van der Waals surface area contributed by atoms with Crippen LogP contribution >= 0.6 is 27.3 Å². The highest BCUT2D eigenvalue weighted by molar-refractivity contribution is 9.10. The quantitative estimate of drug-likeness (QED) is 0.830. The molecule has 15 heavy (non-hydrogen) atoms. The Balaban J connectivity index is 1.96. The van der Waals surface area contributed by atoms with Crippen molar-refractivity contribution < 1.29 is 4.74 Å². The van der Waals surface area contributed by atoms with E-state index in [1.165, 1.54) is 9.35 Å². The number of hydrogen-bond acceptors (Lipinski definition) is 3. The molecule has 0 amide bonds. The molecule has 1 aromatic rings. The third-order valence-corrected chi connectivity index (χ3v) is 4.49. The van der Waals surface area contributed by atoms with Crippen molar-refractivity contribution in [2.45, 2.75) is 13.5 Å². The lowest BCUT2D eigenvalue weighted by molar-refractivity contribution is 0.126. The molecule has 0 spiro atoms. The van der Waals surface area contributed by atoms with Crippen molar-refractivity contribution in [1.29, 1.82) is 0 Å². The number of halogens is 1. The first-order valence-electron chi connectivity index (χ1n) is 5.27. The number of hydrogen-bond donors (Lipinski definition) is 0. The summed E-state index contributed by atoms with van der Waals surface area (Å²) in [5.74, 6) is 0.645. The van der Waals surface area contributed by atoms with Gasteiger partial charge in [-0.3, -0.25) is 4.90 Å². The van der Waals surface area contributed by atoms with E-state index < -0.39 is 0 Å². The van der Waals surface area contributed by atoms with Gasteiger partial charge in [-0.15, -0.1) is 11.3 Å². The lowest BCUT2D eigenvalue weighted by Gasteiger charge is -2.20. The summed E-state index contributed by atoms with van der Waals surface area (Å²) in [6, 6.07) is 2.12. The molecule has 1 atom stereocenters. The Morgan fingerprint density at radius 2 is 2.53 bits per heavy atom. The second kappa shape index (κ2) is 5.43. The maximum Gasteiger partial charge on any atom is 0.0593 e. The Hall–Kier alpha value is 0.100. The summed E-state index contributed by atoms with van der Waals surface area (Å²) in [6.45, 7) is 7.27. The van der Waals surface area contributed by atoms with Crippen molar-refractivity contribution in [2.75, 3.05) is 26.3 Å². The van der Waals surface area contributed by atoms with Crippen molar-refractivity contribution in [2.24, 2.45) is 5.92 Å². The summed E-state index contributed by atoms with van der Waals surface area (Å²) in [4.78, 5) is 3.90. The molecule has 1 aromatic heterocycles. The minimum atomic E-state index is 0.645. The van der Waals surface area contributed by atoms with Gasteiger partial charge in [0.2, 0.25) is 0 Å². The smallest absolute Gasteiger partial charge is 0.0593 e. The van der Waals surface area contributed by atoms with Gasteiger partial charge < -0.3 is 4.74 Å². The minimum absolute atomic E-state index is 0.645. The molecule has 84 valence electrons. The second-order valence-electron chi connectivity index (χ2n) is 4.11. The summed E-state index contributed by atoms with van der Waals surface area (Å²) in [7, 11) is 0. The zero-order valence-electron chi connectivity index (χ0n) is 8.91. The number of nitrogens with zero attached hydrogens (tertiary/aromatic N) is 1. The maximum atomic E-state index is 5.54. The first-order chi connectivity index (χ1) is 7.25. The van der Waals surface area contributed by atoms with Crippen molar-refractivity contribution in [3.8, 4) is 0 Å². The van der Waals surface area contributed by atoms with Crippen LogP contribution in [0.25, 0.3) is 0 Å². The van der Waals surface area contributed by atoms with Crippen LogP contribution in [-0.4, -0.2) is 31.2 Å². The van der Waals surface area contributed by atoms with Crippen LogP contribution in [-0.2, 0) is 11.3 Å². The van der Waals surface area contributed by atoms with Crippen LogP contribution in [0.15, 0.2) is 15.9 Å². The SMILES string of the molecule is CC1COCCN(Cc2sccc2Br)C1. The van der Waals surface area contributed by atoms with Gasteiger partial charge in [-0.2, -0.15) is 0 Å². The fraction of sp³-hybridized carbons (Fsp3) is 0.636. The third kappa shape index (κ3) is 3.28. The molecule has 1 unspecified atom stereocenters. The van der Waals surface area contributed by atoms with Crippen LogP contribution in [0.3, 0.4) is 0 Å². The van der Waals surface area contributed by atoms with E-state index in [1.807, 2.05) is 11.3 Å². The second-order valence-corrected chi connectivity index (χ2v) is 5.96. The van der Waals surface area contributed by atoms with E-state index in [9.17, 15) is 0 Å². The summed E-state index contributed by atoms with van der Waals surface area (Å²) in [5.41, 5.74) is 0. The van der Waals surface area contributed by atoms with Crippen LogP contribution in [0.1, 0.15) is 11.8 Å². The van der Waals surface area contributed by atoms with Gasteiger partial charge in [-0.05, 0) is 33.3 Å². The first-order valence-corrected chi connectivity index (χ1v) is 6.95. The number of rotatable bonds is 2. The Morgan fingerprint density at radius 1 is 1.67 bits per heavy atom. The van der Waals surface area contributed by atoms with Crippen LogP contribution in [0.2, 0.25) is 0 Å². The lowest BCUT2D eigenvalue weighted by atomic mass is 10.2. The molecule has 1 aliphatic heterocycles. The van der Waals surface area contributed by atoms with E-state index in [0.29, 0.717) is 5.92 Å². The van der Waals surface area contributed by atoms with Gasteiger partial charge in [0.15, 0.2) is 0 Å². The number of thiophene rings is 1. The van der Waals surface area contributed by atoms with Crippen LogP contribution in [0.5, 0.6) is 0 Å². The van der Waals surface area contributed by atoms with Gasteiger partial charge >= 0.3 is 0 Å². The standard InChI is InChI=1S/C11H16BrNOS/c1-9-6-13(3-4-14-8-9)7-11-10(12)2-5-15-11/h2,5,9H,3-4,6-8H2,1H3. The predicted molar refractivity (Wildman–Crippen MR) is 67.3 cm³/mol. The van der Waals surface area contributed by atoms with Gasteiger partial charge in [0.05, 0.1) is 13.2 Å². The van der Waals surface area contributed by atoms with Gasteiger partial charge in [0.1, 0.15) is 0 Å². The topological polar surface area (TPSA) is 12.5 Å². The minimum Gasteiger partial charge on any atom is -0.380 e. The van der Waals surface area contributed by atoms with Crippen molar-refractivity contribution in [1.82, 2.24) is 4.90 Å². The van der Waals surface area contributed by atoms with E-state index in [0.717, 1.165) is 32.8 Å². The van der Waals surface area contributed by atoms with Crippen molar-refractivity contribution in [3.63, 3.8) is 0 Å². The third-order valence-electron chi connectivity index (χ3n) is 2.58. The highest BCUT2D eigenvalue weighted by Gasteiger charge is 2.16. The Kier molecular flexibility index (Phi) is 4.20. The number of ether oxygens (including phenoxy) is 1. The van der Waals surface area contributed by atoms with E-state index in [2.05, 4.69) is 39.2 Å². The monoisotopic (exact) mass is 289 g/mol. The van der Waals surface area contributed by atoms with Crippen LogP contribution in [0.4, 0.5) is 0 Å². The Morgan fingerprint density at radius 3 is 3.27 bits per heavy atom. The summed E-state index contributed by atoms with van der Waals surface area (Å²) >= 11 is 5.40. The Bertz CT molecular complexity index is 315. The average molecular weight is 290 g/mol. The molecule has 0 bridgehead atoms. The van der Waals surface area contributed by atoms with Crippen molar-refractivity contribution in [3.05, 3.63) is 20.8 Å². The molecule has 0 saturated carbocycles. The van der Waals surface area contributed by atoms with Gasteiger partial charge in [-0.25, -0.2) is 0 Å². The van der Waals surface area contributed by atoms with Gasteiger partial charge in [-0.1, -0.05) is 6.92 Å². The largest absolute Gasteiger partial charge is 0.380 e. The lowest BCUT2D eigenvalue weighted by Crippen LogP contribution is -2.28. The molecule has 0 N–H and O–H groups in total. The zero-order chi connectivity index (χ0) is 10.7. The summed E-state index contributed by atoms with van der Waals surface area (Å²) < 4.78 is 6.78. The molecular weight excluding hydrogens is 274 g/mol. The van der Waals surface area contributed by atoms with Gasteiger partial charge in [0.25, 0.3) is 0 Å². The summed E-state index contributed by atoms with van der Waals surface area (Å²) in [5, 5.41) is 2.14. The molecule has 0 aliphatic carbocycles. The fourth-order valence-corrected chi connectivity index (χ4v) is 3.37. The fourth-order valence-electron chi connectivity index (χ4n) is 1.85. The van der Waals surface area contributed by atoms with E-state index in [-0.39, 0.29) is 0 Å². The molecular formula is C11H16BrNOS.